The van der Waals surface area contributed by atoms with Crippen LogP contribution in [0.4, 0.5) is 0 Å². The number of rotatable bonds is 4. The number of hydrogen-bond acceptors (Lipinski definition) is 2. The van der Waals surface area contributed by atoms with E-state index in [0.717, 1.165) is 19.3 Å². The molecule has 0 aliphatic heterocycles. The Labute approximate surface area is 76.6 Å². The Kier molecular flexibility index (Phi) is 2.70. The van der Waals surface area contributed by atoms with Gasteiger partial charge in [0, 0.05) is 0 Å². The van der Waals surface area contributed by atoms with Crippen molar-refractivity contribution < 1.29 is 14.7 Å². The van der Waals surface area contributed by atoms with Crippen LogP contribution in [0.15, 0.2) is 12.7 Å². The fraction of sp³-hybridized carbons (Fsp3) is 0.556. The van der Waals surface area contributed by atoms with Crippen LogP contribution in [-0.2, 0) is 9.59 Å². The first-order valence-corrected chi connectivity index (χ1v) is 4.24. The van der Waals surface area contributed by atoms with E-state index in [1.54, 1.807) is 0 Å². The van der Waals surface area contributed by atoms with Crippen LogP contribution in [0.1, 0.15) is 25.7 Å². The van der Waals surface area contributed by atoms with E-state index < -0.39 is 11.5 Å². The van der Waals surface area contributed by atoms with Gasteiger partial charge in [0.25, 0.3) is 0 Å². The zero-order valence-electron chi connectivity index (χ0n) is 7.38. The second-order valence-electron chi connectivity index (χ2n) is 3.40. The molecule has 0 radical (unpaired) electrons. The van der Waals surface area contributed by atoms with E-state index >= 15 is 0 Å². The lowest BCUT2D eigenvalue weighted by Gasteiger charge is -2.41. The van der Waals surface area contributed by atoms with Crippen LogP contribution >= 0.6 is 0 Å². The molecule has 0 atom stereocenters. The minimum atomic E-state index is -0.871. The summed E-state index contributed by atoms with van der Waals surface area (Å²) >= 11 is 0. The summed E-state index contributed by atoms with van der Waals surface area (Å²) in [5, 5.41) is 11.3. The molecule has 13 heavy (non-hydrogen) atoms. The number of aliphatic carboxylic acids is 1. The summed E-state index contributed by atoms with van der Waals surface area (Å²) in [6.45, 7) is 3.32. The first-order chi connectivity index (χ1) is 6.08. The Bertz CT molecular complexity index is 243. The van der Waals surface area contributed by atoms with Crippen molar-refractivity contribution in [2.45, 2.75) is 31.2 Å². The van der Waals surface area contributed by atoms with Gasteiger partial charge < -0.3 is 10.4 Å². The normalized spacial score (nSPS) is 18.5. The quantitative estimate of drug-likeness (QED) is 0.630. The molecule has 0 aromatic heterocycles. The molecule has 1 rings (SSSR count). The third-order valence-electron chi connectivity index (χ3n) is 2.37. The van der Waals surface area contributed by atoms with E-state index in [4.69, 9.17) is 5.11 Å². The molecule has 1 fully saturated rings. The van der Waals surface area contributed by atoms with Crippen molar-refractivity contribution >= 4 is 11.9 Å². The topological polar surface area (TPSA) is 66.4 Å². The molecule has 0 unspecified atom stereocenters. The van der Waals surface area contributed by atoms with E-state index in [1.165, 1.54) is 6.08 Å². The molecular formula is C9H13NO3. The van der Waals surface area contributed by atoms with Gasteiger partial charge in [-0.15, -0.1) is 0 Å². The number of hydrogen-bond donors (Lipinski definition) is 2. The monoisotopic (exact) mass is 183 g/mol. The number of nitrogens with one attached hydrogen (secondary N) is 1. The predicted molar refractivity (Wildman–Crippen MR) is 47.2 cm³/mol. The van der Waals surface area contributed by atoms with Crippen LogP contribution in [0.3, 0.4) is 0 Å². The molecule has 4 heteroatoms. The van der Waals surface area contributed by atoms with Crippen LogP contribution in [0.25, 0.3) is 0 Å². The van der Waals surface area contributed by atoms with Crippen molar-refractivity contribution in [2.75, 3.05) is 0 Å². The lowest BCUT2D eigenvalue weighted by molar-refractivity contribution is -0.140. The van der Waals surface area contributed by atoms with E-state index in [1.807, 2.05) is 0 Å². The summed E-state index contributed by atoms with van der Waals surface area (Å²) in [5.41, 5.74) is -0.503. The van der Waals surface area contributed by atoms with Crippen molar-refractivity contribution in [3.05, 3.63) is 12.7 Å². The highest BCUT2D eigenvalue weighted by molar-refractivity contribution is 5.88. The lowest BCUT2D eigenvalue weighted by Crippen LogP contribution is -2.54. The van der Waals surface area contributed by atoms with E-state index in [0.29, 0.717) is 0 Å². The Morgan fingerprint density at radius 1 is 1.54 bits per heavy atom. The minimum absolute atomic E-state index is 0.00653. The molecule has 72 valence electrons. The van der Waals surface area contributed by atoms with Crippen LogP contribution in [0.5, 0.6) is 0 Å². The molecule has 1 saturated carbocycles. The van der Waals surface area contributed by atoms with E-state index in [9.17, 15) is 9.59 Å². The molecule has 0 saturated heterocycles. The number of carbonyl (C=O) groups is 2. The lowest BCUT2D eigenvalue weighted by atomic mass is 9.74. The molecular weight excluding hydrogens is 170 g/mol. The molecule has 1 amide bonds. The van der Waals surface area contributed by atoms with Gasteiger partial charge in [0.1, 0.15) is 0 Å². The average molecular weight is 183 g/mol. The van der Waals surface area contributed by atoms with Gasteiger partial charge in [-0.2, -0.15) is 0 Å². The second-order valence-corrected chi connectivity index (χ2v) is 3.40. The highest BCUT2D eigenvalue weighted by Crippen LogP contribution is 2.34. The van der Waals surface area contributed by atoms with Gasteiger partial charge in [-0.1, -0.05) is 6.58 Å². The summed E-state index contributed by atoms with van der Waals surface area (Å²) in [5.74, 6) is -1.16. The predicted octanol–water partition coefficient (Wildman–Crippen LogP) is 0.686. The average Bonchev–Trinajstić information content (AvgIpc) is 1.99. The SMILES string of the molecule is C=CC(=O)NC1(CC(=O)O)CCC1. The minimum Gasteiger partial charge on any atom is -0.481 e. The summed E-state index contributed by atoms with van der Waals surface area (Å²) in [4.78, 5) is 21.5. The first-order valence-electron chi connectivity index (χ1n) is 4.24. The van der Waals surface area contributed by atoms with Gasteiger partial charge in [-0.25, -0.2) is 0 Å². The van der Waals surface area contributed by atoms with Gasteiger partial charge in [0.15, 0.2) is 0 Å². The first kappa shape index (κ1) is 9.77. The molecule has 4 nitrogen and oxygen atoms in total. The number of amides is 1. The van der Waals surface area contributed by atoms with E-state index in [-0.39, 0.29) is 12.3 Å². The van der Waals surface area contributed by atoms with Gasteiger partial charge >= 0.3 is 5.97 Å². The maximum absolute atomic E-state index is 11.0. The summed E-state index contributed by atoms with van der Waals surface area (Å²) in [7, 11) is 0. The standard InChI is InChI=1S/C9H13NO3/c1-2-7(11)10-9(4-3-5-9)6-8(12)13/h2H,1,3-6H2,(H,10,11)(H,12,13). The zero-order valence-corrected chi connectivity index (χ0v) is 7.38. The third kappa shape index (κ3) is 2.31. The van der Waals surface area contributed by atoms with Crippen molar-refractivity contribution in [1.82, 2.24) is 5.32 Å². The summed E-state index contributed by atoms with van der Waals surface area (Å²) < 4.78 is 0. The fourth-order valence-electron chi connectivity index (χ4n) is 1.55. The zero-order chi connectivity index (χ0) is 9.90. The Morgan fingerprint density at radius 2 is 2.15 bits per heavy atom. The largest absolute Gasteiger partial charge is 0.481 e. The molecule has 1 aliphatic rings. The second kappa shape index (κ2) is 3.60. The summed E-state index contributed by atoms with van der Waals surface area (Å²) in [6, 6.07) is 0. The Balaban J connectivity index is 2.54. The molecule has 0 heterocycles. The van der Waals surface area contributed by atoms with Gasteiger partial charge in [-0.3, -0.25) is 9.59 Å². The third-order valence-corrected chi connectivity index (χ3v) is 2.37. The van der Waals surface area contributed by atoms with Gasteiger partial charge in [0.05, 0.1) is 12.0 Å². The molecule has 0 bridgehead atoms. The van der Waals surface area contributed by atoms with Crippen molar-refractivity contribution in [2.24, 2.45) is 0 Å². The highest BCUT2D eigenvalue weighted by atomic mass is 16.4. The molecule has 2 N–H and O–H groups in total. The Hall–Kier alpha value is -1.32. The number of carboxylic acid groups (broad SMARTS) is 1. The van der Waals surface area contributed by atoms with Gasteiger partial charge in [-0.05, 0) is 25.3 Å². The van der Waals surface area contributed by atoms with Crippen LogP contribution in [0, 0.1) is 0 Å². The maximum Gasteiger partial charge on any atom is 0.305 e. The maximum atomic E-state index is 11.0. The fourth-order valence-corrected chi connectivity index (χ4v) is 1.55. The van der Waals surface area contributed by atoms with Crippen LogP contribution < -0.4 is 5.32 Å². The van der Waals surface area contributed by atoms with Crippen LogP contribution in [-0.4, -0.2) is 22.5 Å². The molecule has 0 aromatic carbocycles. The highest BCUT2D eigenvalue weighted by Gasteiger charge is 2.39. The molecule has 1 aliphatic carbocycles. The van der Waals surface area contributed by atoms with Crippen molar-refractivity contribution in [3.63, 3.8) is 0 Å². The van der Waals surface area contributed by atoms with Crippen LogP contribution in [0.2, 0.25) is 0 Å². The molecule has 0 spiro atoms. The smallest absolute Gasteiger partial charge is 0.305 e. The van der Waals surface area contributed by atoms with Crippen molar-refractivity contribution in [3.8, 4) is 0 Å². The van der Waals surface area contributed by atoms with E-state index in [2.05, 4.69) is 11.9 Å². The number of carbonyl (C=O) groups excluding carboxylic acids is 1. The summed E-state index contributed by atoms with van der Waals surface area (Å²) in [6.07, 6.45) is 3.65. The Morgan fingerprint density at radius 3 is 2.46 bits per heavy atom. The van der Waals surface area contributed by atoms with Gasteiger partial charge in [0.2, 0.25) is 5.91 Å². The number of carboxylic acids is 1. The molecule has 0 aromatic rings. The van der Waals surface area contributed by atoms with Crippen molar-refractivity contribution in [1.29, 1.82) is 0 Å².